The second-order valence-corrected chi connectivity index (χ2v) is 12.8. The van der Waals surface area contributed by atoms with Crippen LogP contribution in [0, 0.1) is 20.8 Å². The zero-order valence-electron chi connectivity index (χ0n) is 25.2. The predicted octanol–water partition coefficient (Wildman–Crippen LogP) is 6.93. The lowest BCUT2D eigenvalue weighted by atomic mass is 10.0. The lowest BCUT2D eigenvalue weighted by Crippen LogP contribution is -1.99. The number of hydrogen-bond acceptors (Lipinski definition) is 6. The van der Waals surface area contributed by atoms with Crippen LogP contribution in [-0.2, 0) is 22.9 Å². The molecule has 6 nitrogen and oxygen atoms in total. The van der Waals surface area contributed by atoms with E-state index in [1.54, 1.807) is 6.07 Å². The van der Waals surface area contributed by atoms with Crippen molar-refractivity contribution in [2.24, 2.45) is 11.5 Å². The number of aryl methyl sites for hydroxylation is 3. The number of hydrogen-bond donors (Lipinski definition) is 4. The van der Waals surface area contributed by atoms with Gasteiger partial charge in [-0.2, -0.15) is 0 Å². The first kappa shape index (κ1) is 31.5. The first-order valence-corrected chi connectivity index (χ1v) is 16.0. The van der Waals surface area contributed by atoms with E-state index in [0.29, 0.717) is 18.0 Å². The molecule has 0 aliphatic carbocycles. The van der Waals surface area contributed by atoms with Crippen LogP contribution in [0.15, 0.2) is 102 Å². The van der Waals surface area contributed by atoms with Crippen molar-refractivity contribution < 1.29 is 8.42 Å². The molecule has 0 unspecified atom stereocenters. The van der Waals surface area contributed by atoms with Crippen molar-refractivity contribution in [2.45, 2.75) is 38.8 Å². The number of nitrogen functional groups attached to an aromatic ring is 2. The summed E-state index contributed by atoms with van der Waals surface area (Å²) in [5, 5.41) is 6.59. The summed E-state index contributed by atoms with van der Waals surface area (Å²) in [6.07, 6.45) is 1.24. The molecule has 0 saturated carbocycles. The van der Waals surface area contributed by atoms with Crippen molar-refractivity contribution in [2.75, 3.05) is 17.7 Å². The number of sulfone groups is 1. The Labute approximate surface area is 254 Å². The van der Waals surface area contributed by atoms with Crippen LogP contribution in [0.2, 0.25) is 0 Å². The van der Waals surface area contributed by atoms with Gasteiger partial charge in [0.15, 0.2) is 9.84 Å². The van der Waals surface area contributed by atoms with Crippen molar-refractivity contribution >= 4 is 53.5 Å². The average molecular weight is 593 g/mol. The molecule has 0 saturated heterocycles. The first-order valence-electron chi connectivity index (χ1n) is 14.1. The zero-order chi connectivity index (χ0) is 31.3. The van der Waals surface area contributed by atoms with Crippen molar-refractivity contribution in [1.29, 1.82) is 0 Å². The summed E-state index contributed by atoms with van der Waals surface area (Å²) >= 11 is 0. The Hall–Kier alpha value is -4.43. The molecule has 0 radical (unpaired) electrons. The van der Waals surface area contributed by atoms with E-state index >= 15 is 0 Å². The van der Waals surface area contributed by atoms with Gasteiger partial charge >= 0.3 is 0 Å². The number of benzene rings is 6. The predicted molar refractivity (Wildman–Crippen MR) is 184 cm³/mol. The summed E-state index contributed by atoms with van der Waals surface area (Å²) in [7, 11) is -3.12. The highest BCUT2D eigenvalue weighted by atomic mass is 32.2. The minimum absolute atomic E-state index is 0.418. The zero-order valence-corrected chi connectivity index (χ0v) is 26.0. The van der Waals surface area contributed by atoms with Crippen LogP contribution in [0.3, 0.4) is 0 Å². The van der Waals surface area contributed by atoms with Crippen molar-refractivity contribution in [3.05, 3.63) is 125 Å². The van der Waals surface area contributed by atoms with E-state index in [4.69, 9.17) is 22.9 Å². The Balaban J connectivity index is 0.000000148. The van der Waals surface area contributed by atoms with Gasteiger partial charge in [0.1, 0.15) is 0 Å². The molecule has 6 aromatic rings. The molecule has 0 spiro atoms. The molecule has 43 heavy (non-hydrogen) atoms. The van der Waals surface area contributed by atoms with Gasteiger partial charge in [-0.1, -0.05) is 60.7 Å². The fourth-order valence-corrected chi connectivity index (χ4v) is 6.17. The number of nitrogens with two attached hydrogens (primary N) is 4. The van der Waals surface area contributed by atoms with Gasteiger partial charge in [0.25, 0.3) is 0 Å². The molecule has 0 aliphatic heterocycles. The van der Waals surface area contributed by atoms with E-state index in [-0.39, 0.29) is 0 Å². The van der Waals surface area contributed by atoms with Crippen molar-refractivity contribution in [3.8, 4) is 0 Å². The van der Waals surface area contributed by atoms with Crippen molar-refractivity contribution in [3.63, 3.8) is 0 Å². The van der Waals surface area contributed by atoms with Gasteiger partial charge in [-0.05, 0) is 107 Å². The summed E-state index contributed by atoms with van der Waals surface area (Å²) in [5.41, 5.74) is 30.3. The van der Waals surface area contributed by atoms with E-state index in [2.05, 4.69) is 50.2 Å². The molecule has 0 bridgehead atoms. The van der Waals surface area contributed by atoms with Gasteiger partial charge < -0.3 is 22.9 Å². The average Bonchev–Trinajstić information content (AvgIpc) is 2.97. The highest BCUT2D eigenvalue weighted by Gasteiger charge is 2.11. The Bertz CT molecular complexity index is 2040. The summed E-state index contributed by atoms with van der Waals surface area (Å²) in [6, 6.07) is 31.7. The monoisotopic (exact) mass is 592 g/mol. The Morgan fingerprint density at radius 3 is 1.53 bits per heavy atom. The molecular weight excluding hydrogens is 552 g/mol. The van der Waals surface area contributed by atoms with Gasteiger partial charge in [-0.25, -0.2) is 8.42 Å². The molecule has 222 valence electrons. The van der Waals surface area contributed by atoms with E-state index in [1.807, 2.05) is 61.5 Å². The second kappa shape index (κ2) is 13.3. The summed E-state index contributed by atoms with van der Waals surface area (Å²) < 4.78 is 23.0. The highest BCUT2D eigenvalue weighted by Crippen LogP contribution is 2.26. The maximum atomic E-state index is 11.5. The molecule has 0 aliphatic rings. The summed E-state index contributed by atoms with van der Waals surface area (Å²) in [4.78, 5) is 0.418. The lowest BCUT2D eigenvalue weighted by Gasteiger charge is -2.07. The standard InChI is InChI=1S/2C12H14N2.C12H12O2S/c1-8-5-11-9(6-10(8)7-13)3-2-4-12(11)14;1-8-5-9-3-2-4-12(14)11(9)6-10(8)7-13;1-9-7-10-5-3-4-6-11(10)8-12(9)15(2,13)14/h2*2-6H,7,13-14H2,1H3;3-8H,1-2H3. The quantitative estimate of drug-likeness (QED) is 0.164. The smallest absolute Gasteiger partial charge is 0.175 e. The van der Waals surface area contributed by atoms with Gasteiger partial charge in [0.05, 0.1) is 4.90 Å². The van der Waals surface area contributed by atoms with Crippen LogP contribution in [-0.4, -0.2) is 14.7 Å². The molecule has 0 heterocycles. The number of anilines is 2. The Kier molecular flexibility index (Phi) is 9.71. The van der Waals surface area contributed by atoms with E-state index in [9.17, 15) is 8.42 Å². The molecule has 6 aromatic carbocycles. The van der Waals surface area contributed by atoms with Crippen LogP contribution in [0.1, 0.15) is 27.8 Å². The second-order valence-electron chi connectivity index (χ2n) is 10.8. The van der Waals surface area contributed by atoms with Gasteiger partial charge in [-0.15, -0.1) is 0 Å². The molecule has 0 aromatic heterocycles. The molecule has 6 rings (SSSR count). The van der Waals surface area contributed by atoms with Gasteiger partial charge in [0.2, 0.25) is 0 Å². The minimum atomic E-state index is -3.12. The fourth-order valence-electron chi connectivity index (χ4n) is 5.19. The Morgan fingerprint density at radius 2 is 0.977 bits per heavy atom. The van der Waals surface area contributed by atoms with Gasteiger partial charge in [-0.3, -0.25) is 0 Å². The summed E-state index contributed by atoms with van der Waals surface area (Å²) in [6.45, 7) is 7.11. The van der Waals surface area contributed by atoms with Crippen LogP contribution < -0.4 is 22.9 Å². The molecule has 0 fully saturated rings. The van der Waals surface area contributed by atoms with Crippen molar-refractivity contribution in [1.82, 2.24) is 0 Å². The van der Waals surface area contributed by atoms with Crippen LogP contribution in [0.4, 0.5) is 11.4 Å². The molecular formula is C36H40N4O2S. The molecule has 7 heteroatoms. The summed E-state index contributed by atoms with van der Waals surface area (Å²) in [5.74, 6) is 0. The molecule has 8 N–H and O–H groups in total. The SMILES string of the molecule is Cc1cc2c(N)cccc2cc1CN.Cc1cc2cccc(N)c2cc1CN.Cc1cc2ccccc2cc1S(C)(=O)=O. The largest absolute Gasteiger partial charge is 0.398 e. The van der Waals surface area contributed by atoms with E-state index in [1.165, 1.54) is 28.3 Å². The first-order chi connectivity index (χ1) is 20.4. The minimum Gasteiger partial charge on any atom is -0.398 e. The third kappa shape index (κ3) is 7.32. The fraction of sp³-hybridized carbons (Fsp3) is 0.167. The maximum Gasteiger partial charge on any atom is 0.175 e. The van der Waals surface area contributed by atoms with Crippen LogP contribution in [0.5, 0.6) is 0 Å². The van der Waals surface area contributed by atoms with E-state index < -0.39 is 9.84 Å². The lowest BCUT2D eigenvalue weighted by molar-refractivity contribution is 0.601. The Morgan fingerprint density at radius 1 is 0.535 bits per heavy atom. The number of fused-ring (bicyclic) bond motifs is 3. The normalized spacial score (nSPS) is 11.1. The highest BCUT2D eigenvalue weighted by molar-refractivity contribution is 7.90. The van der Waals surface area contributed by atoms with Crippen LogP contribution >= 0.6 is 0 Å². The maximum absolute atomic E-state index is 11.5. The topological polar surface area (TPSA) is 138 Å². The third-order valence-electron chi connectivity index (χ3n) is 7.62. The third-order valence-corrected chi connectivity index (χ3v) is 8.86. The van der Waals surface area contributed by atoms with E-state index in [0.717, 1.165) is 49.4 Å². The van der Waals surface area contributed by atoms with Gasteiger partial charge in [0, 0.05) is 41.5 Å². The molecule has 0 amide bonds. The molecule has 0 atom stereocenters. The van der Waals surface area contributed by atoms with Crippen LogP contribution in [0.25, 0.3) is 32.3 Å². The number of rotatable bonds is 3.